The molecule has 174 valence electrons. The van der Waals surface area contributed by atoms with E-state index >= 15 is 4.39 Å². The second-order valence-electron chi connectivity index (χ2n) is 7.92. The molecule has 0 bridgehead atoms. The Morgan fingerprint density at radius 2 is 2.12 bits per heavy atom. The van der Waals surface area contributed by atoms with Crippen molar-refractivity contribution in [3.8, 4) is 11.3 Å². The number of fused-ring (bicyclic) bond motifs is 1. The molecule has 3 aromatic rings. The molecule has 0 saturated carbocycles. The van der Waals surface area contributed by atoms with Gasteiger partial charge in [-0.1, -0.05) is 11.6 Å². The third kappa shape index (κ3) is 4.65. The molecule has 1 fully saturated rings. The molecular weight excluding hydrogens is 451 g/mol. The van der Waals surface area contributed by atoms with E-state index in [1.165, 1.54) is 15.9 Å². The van der Waals surface area contributed by atoms with Crippen molar-refractivity contribution in [2.24, 2.45) is 0 Å². The zero-order valence-electron chi connectivity index (χ0n) is 18.3. The fourth-order valence-corrected chi connectivity index (χ4v) is 4.07. The normalized spacial score (nSPS) is 16.2. The van der Waals surface area contributed by atoms with Gasteiger partial charge in [0, 0.05) is 55.0 Å². The van der Waals surface area contributed by atoms with Crippen molar-refractivity contribution in [1.82, 2.24) is 19.2 Å². The minimum absolute atomic E-state index is 0.203. The van der Waals surface area contributed by atoms with Crippen LogP contribution in [0.1, 0.15) is 23.0 Å². The Balaban J connectivity index is 1.75. The van der Waals surface area contributed by atoms with E-state index in [0.29, 0.717) is 41.6 Å². The summed E-state index contributed by atoms with van der Waals surface area (Å²) in [7, 11) is 1.66. The molecular formula is C23H24ClFN4O4. The Labute approximate surface area is 195 Å². The number of hydrogen-bond donors (Lipinski definition) is 1. The van der Waals surface area contributed by atoms with E-state index in [2.05, 4.69) is 4.98 Å². The number of amides is 2. The quantitative estimate of drug-likeness (QED) is 0.607. The fourth-order valence-electron chi connectivity index (χ4n) is 3.92. The number of benzene rings is 1. The minimum Gasteiger partial charge on any atom is -0.465 e. The molecule has 1 saturated heterocycles. The van der Waals surface area contributed by atoms with E-state index < -0.39 is 18.0 Å². The topological polar surface area (TPSA) is 87.4 Å². The number of carbonyl (C=O) groups excluding carboxylic acids is 1. The molecule has 3 heterocycles. The Morgan fingerprint density at radius 1 is 1.33 bits per heavy atom. The Hall–Kier alpha value is -3.17. The number of carboxylic acid groups (broad SMARTS) is 1. The monoisotopic (exact) mass is 474 g/mol. The second-order valence-corrected chi connectivity index (χ2v) is 8.36. The second kappa shape index (κ2) is 9.36. The maximum atomic E-state index is 15.2. The molecule has 8 nitrogen and oxygen atoms in total. The van der Waals surface area contributed by atoms with Crippen LogP contribution >= 0.6 is 11.6 Å². The van der Waals surface area contributed by atoms with Gasteiger partial charge in [-0.25, -0.2) is 14.2 Å². The Kier molecular flexibility index (Phi) is 6.53. The number of aromatic nitrogens is 2. The van der Waals surface area contributed by atoms with Crippen molar-refractivity contribution in [1.29, 1.82) is 0 Å². The van der Waals surface area contributed by atoms with Crippen LogP contribution in [0.3, 0.4) is 0 Å². The maximum absolute atomic E-state index is 15.2. The van der Waals surface area contributed by atoms with E-state index in [-0.39, 0.29) is 30.2 Å². The van der Waals surface area contributed by atoms with Crippen LogP contribution in [-0.4, -0.2) is 75.7 Å². The average molecular weight is 475 g/mol. The lowest BCUT2D eigenvalue weighted by molar-refractivity contribution is -0.0214. The van der Waals surface area contributed by atoms with Crippen molar-refractivity contribution in [3.63, 3.8) is 0 Å². The van der Waals surface area contributed by atoms with Crippen LogP contribution in [0.15, 0.2) is 36.5 Å². The number of imidazole rings is 1. The predicted molar refractivity (Wildman–Crippen MR) is 121 cm³/mol. The van der Waals surface area contributed by atoms with Crippen LogP contribution in [0.25, 0.3) is 16.9 Å². The number of halogens is 2. The highest BCUT2D eigenvalue weighted by Crippen LogP contribution is 2.30. The first-order chi connectivity index (χ1) is 15.8. The molecule has 2 aromatic heterocycles. The molecule has 2 amide bonds. The molecule has 1 aromatic carbocycles. The summed E-state index contributed by atoms with van der Waals surface area (Å²) in [6.07, 6.45) is 0.650. The summed E-state index contributed by atoms with van der Waals surface area (Å²) < 4.78 is 22.8. The molecule has 0 spiro atoms. The van der Waals surface area contributed by atoms with E-state index in [1.807, 2.05) is 6.92 Å². The third-order valence-corrected chi connectivity index (χ3v) is 6.04. The molecule has 0 unspecified atom stereocenters. The highest BCUT2D eigenvalue weighted by molar-refractivity contribution is 6.30. The van der Waals surface area contributed by atoms with E-state index in [4.69, 9.17) is 16.3 Å². The molecule has 0 radical (unpaired) electrons. The number of carbonyl (C=O) groups is 2. The highest BCUT2D eigenvalue weighted by atomic mass is 35.5. The molecule has 1 N–H and O–H groups in total. The van der Waals surface area contributed by atoms with Crippen molar-refractivity contribution in [3.05, 3.63) is 58.6 Å². The molecule has 4 rings (SSSR count). The number of pyridine rings is 1. The lowest BCUT2D eigenvalue weighted by Crippen LogP contribution is -2.45. The lowest BCUT2D eigenvalue weighted by Gasteiger charge is -2.31. The number of morpholine rings is 1. The first-order valence-electron chi connectivity index (χ1n) is 10.6. The first kappa shape index (κ1) is 23.0. The van der Waals surface area contributed by atoms with Gasteiger partial charge >= 0.3 is 6.09 Å². The zero-order chi connectivity index (χ0) is 23.7. The lowest BCUT2D eigenvalue weighted by atomic mass is 10.0. The molecule has 0 aliphatic carbocycles. The van der Waals surface area contributed by atoms with Crippen LogP contribution in [0, 0.1) is 5.82 Å². The van der Waals surface area contributed by atoms with E-state index in [1.54, 1.807) is 41.9 Å². The molecule has 1 aliphatic rings. The Morgan fingerprint density at radius 3 is 2.82 bits per heavy atom. The fraction of sp³-hybridized carbons (Fsp3) is 0.348. The van der Waals surface area contributed by atoms with Gasteiger partial charge in [-0.15, -0.1) is 0 Å². The van der Waals surface area contributed by atoms with Gasteiger partial charge in [-0.2, -0.15) is 0 Å². The maximum Gasteiger partial charge on any atom is 0.407 e. The molecule has 1 atom stereocenters. The van der Waals surface area contributed by atoms with E-state index in [0.717, 1.165) is 0 Å². The smallest absolute Gasteiger partial charge is 0.407 e. The molecule has 33 heavy (non-hydrogen) atoms. The van der Waals surface area contributed by atoms with Crippen molar-refractivity contribution in [2.45, 2.75) is 19.4 Å². The van der Waals surface area contributed by atoms with Gasteiger partial charge in [0.1, 0.15) is 11.5 Å². The largest absolute Gasteiger partial charge is 0.465 e. The number of ether oxygens (including phenoxy) is 1. The number of hydrogen-bond acceptors (Lipinski definition) is 4. The van der Waals surface area contributed by atoms with E-state index in [9.17, 15) is 14.7 Å². The molecule has 1 aliphatic heterocycles. The van der Waals surface area contributed by atoms with Gasteiger partial charge in [-0.3, -0.25) is 4.79 Å². The van der Waals surface area contributed by atoms with Gasteiger partial charge in [0.05, 0.1) is 30.6 Å². The number of rotatable bonds is 5. The summed E-state index contributed by atoms with van der Waals surface area (Å²) in [5.74, 6) is -0.841. The van der Waals surface area contributed by atoms with Gasteiger partial charge < -0.3 is 24.0 Å². The summed E-state index contributed by atoms with van der Waals surface area (Å²) in [4.78, 5) is 31.2. The highest BCUT2D eigenvalue weighted by Gasteiger charge is 2.27. The summed E-state index contributed by atoms with van der Waals surface area (Å²) in [6.45, 7) is 3.14. The standard InChI is InChI=1S/C23H24ClFN4O4/c1-3-27(2)22(30)14-4-5-17(18(25)10-14)21-19(29-7-6-15(24)11-20(29)26-21)12-16-13-28(23(31)32)8-9-33-16/h4-7,10-11,16H,3,8-9,12-13H2,1-2H3,(H,31,32)/t16-/m0/s1. The molecule has 10 heteroatoms. The van der Waals surface area contributed by atoms with Crippen molar-refractivity contribution < 1.29 is 23.8 Å². The summed E-state index contributed by atoms with van der Waals surface area (Å²) >= 11 is 6.14. The summed E-state index contributed by atoms with van der Waals surface area (Å²) in [6, 6.07) is 7.72. The average Bonchev–Trinajstić information content (AvgIpc) is 3.14. The SMILES string of the molecule is CCN(C)C(=O)c1ccc(-c2nc3cc(Cl)ccn3c2C[C@H]2CN(C(=O)O)CCO2)c(F)c1. The summed E-state index contributed by atoms with van der Waals surface area (Å²) in [5.41, 5.74) is 2.09. The van der Waals surface area contributed by atoms with Crippen LogP contribution in [0.5, 0.6) is 0 Å². The zero-order valence-corrected chi connectivity index (χ0v) is 19.0. The van der Waals surface area contributed by atoms with Crippen LogP contribution < -0.4 is 0 Å². The minimum atomic E-state index is -1.00. The van der Waals surface area contributed by atoms with Gasteiger partial charge in [-0.05, 0) is 31.2 Å². The van der Waals surface area contributed by atoms with Crippen LogP contribution in [0.2, 0.25) is 5.02 Å². The van der Waals surface area contributed by atoms with Gasteiger partial charge in [0.25, 0.3) is 5.91 Å². The van der Waals surface area contributed by atoms with Crippen molar-refractivity contribution >= 4 is 29.2 Å². The number of nitrogens with zero attached hydrogens (tertiary/aromatic N) is 4. The van der Waals surface area contributed by atoms with Crippen molar-refractivity contribution in [2.75, 3.05) is 33.3 Å². The van der Waals surface area contributed by atoms with Crippen LogP contribution in [-0.2, 0) is 11.2 Å². The third-order valence-electron chi connectivity index (χ3n) is 5.81. The Bertz CT molecular complexity index is 1210. The summed E-state index contributed by atoms with van der Waals surface area (Å²) in [5, 5.41) is 9.83. The van der Waals surface area contributed by atoms with Gasteiger partial charge in [0.2, 0.25) is 0 Å². The van der Waals surface area contributed by atoms with Gasteiger partial charge in [0.15, 0.2) is 0 Å². The first-order valence-corrected chi connectivity index (χ1v) is 11.0. The predicted octanol–water partition coefficient (Wildman–Crippen LogP) is 3.81. The van der Waals surface area contributed by atoms with Crippen LogP contribution in [0.4, 0.5) is 9.18 Å².